The first kappa shape index (κ1) is 16.3. The minimum absolute atomic E-state index is 0.205. The van der Waals surface area contributed by atoms with Gasteiger partial charge in [0.1, 0.15) is 12.2 Å². The first-order valence-electron chi connectivity index (χ1n) is 7.59. The quantitative estimate of drug-likeness (QED) is 0.787. The summed E-state index contributed by atoms with van der Waals surface area (Å²) in [5.74, 6) is 1.05. The van der Waals surface area contributed by atoms with Crippen LogP contribution in [-0.2, 0) is 13.1 Å². The lowest BCUT2D eigenvalue weighted by molar-refractivity contribution is 0.0799. The zero-order chi connectivity index (χ0) is 15.5. The molecule has 1 aromatic rings. The van der Waals surface area contributed by atoms with E-state index < -0.39 is 0 Å². The highest BCUT2D eigenvalue weighted by Gasteiger charge is 2.32. The van der Waals surface area contributed by atoms with Gasteiger partial charge in [0.25, 0.3) is 0 Å². The number of hydrogen-bond donors (Lipinski definition) is 1. The zero-order valence-electron chi connectivity index (χ0n) is 13.2. The molecule has 1 fully saturated rings. The summed E-state index contributed by atoms with van der Waals surface area (Å²) < 4.78 is 2.01. The number of thiocarbonyl (C=S) groups is 1. The van der Waals surface area contributed by atoms with E-state index in [9.17, 15) is 0 Å². The molecule has 2 rings (SSSR count). The molecule has 0 amide bonds. The smallest absolute Gasteiger partial charge is 0.141 e. The minimum atomic E-state index is -0.205. The summed E-state index contributed by atoms with van der Waals surface area (Å²) in [4.78, 5) is 9.73. The van der Waals surface area contributed by atoms with E-state index in [1.807, 2.05) is 4.68 Å². The highest BCUT2D eigenvalue weighted by Crippen LogP contribution is 2.18. The Balaban J connectivity index is 1.90. The number of nitrogens with two attached hydrogens (primary N) is 1. The highest BCUT2D eigenvalue weighted by atomic mass is 32.1. The van der Waals surface area contributed by atoms with E-state index in [1.165, 1.54) is 0 Å². The van der Waals surface area contributed by atoms with Crippen LogP contribution in [0.4, 0.5) is 0 Å². The van der Waals surface area contributed by atoms with Crippen molar-refractivity contribution in [3.63, 3.8) is 0 Å². The van der Waals surface area contributed by atoms with Crippen LogP contribution in [-0.4, -0.2) is 61.3 Å². The van der Waals surface area contributed by atoms with Crippen LogP contribution in [0.15, 0.2) is 6.33 Å². The van der Waals surface area contributed by atoms with Crippen molar-refractivity contribution in [1.29, 1.82) is 0 Å². The Morgan fingerprint density at radius 2 is 2.00 bits per heavy atom. The molecule has 0 unspecified atom stereocenters. The van der Waals surface area contributed by atoms with Gasteiger partial charge >= 0.3 is 0 Å². The molecule has 0 radical (unpaired) electrons. The molecule has 6 nitrogen and oxygen atoms in total. The van der Waals surface area contributed by atoms with Crippen molar-refractivity contribution in [3.05, 3.63) is 12.2 Å². The Morgan fingerprint density at radius 3 is 2.57 bits per heavy atom. The van der Waals surface area contributed by atoms with Crippen molar-refractivity contribution in [2.45, 2.75) is 45.8 Å². The van der Waals surface area contributed by atoms with E-state index >= 15 is 0 Å². The molecule has 0 saturated carbocycles. The van der Waals surface area contributed by atoms with Crippen molar-refractivity contribution < 1.29 is 0 Å². The van der Waals surface area contributed by atoms with E-state index in [-0.39, 0.29) is 5.54 Å². The maximum Gasteiger partial charge on any atom is 0.141 e. The summed E-state index contributed by atoms with van der Waals surface area (Å²) in [6.45, 7) is 12.1. The van der Waals surface area contributed by atoms with Crippen LogP contribution >= 0.6 is 12.2 Å². The summed E-state index contributed by atoms with van der Waals surface area (Å²) in [5.41, 5.74) is 5.65. The van der Waals surface area contributed by atoms with Gasteiger partial charge in [-0.2, -0.15) is 5.10 Å². The third-order valence-corrected chi connectivity index (χ3v) is 4.76. The second-order valence-electron chi connectivity index (χ2n) is 6.09. The number of aryl methyl sites for hydroxylation is 1. The number of nitrogens with zero attached hydrogens (tertiary/aromatic N) is 5. The fourth-order valence-electron chi connectivity index (χ4n) is 2.63. The summed E-state index contributed by atoms with van der Waals surface area (Å²) >= 11 is 5.18. The summed E-state index contributed by atoms with van der Waals surface area (Å²) in [6.07, 6.45) is 2.73. The van der Waals surface area contributed by atoms with Gasteiger partial charge in [0, 0.05) is 32.7 Å². The SMILES string of the molecule is CCCn1ncnc1CN1CCN(C(C)(C)C(N)=S)CC1. The molecule has 0 aromatic carbocycles. The molecule has 1 aromatic heterocycles. The normalized spacial score (nSPS) is 18.0. The Kier molecular flexibility index (Phi) is 5.29. The van der Waals surface area contributed by atoms with Gasteiger partial charge < -0.3 is 5.73 Å². The molecule has 0 bridgehead atoms. The van der Waals surface area contributed by atoms with Gasteiger partial charge in [-0.3, -0.25) is 9.80 Å². The fourth-order valence-corrected chi connectivity index (χ4v) is 2.76. The van der Waals surface area contributed by atoms with E-state index in [0.29, 0.717) is 4.99 Å². The first-order chi connectivity index (χ1) is 9.95. The molecule has 0 atom stereocenters. The third kappa shape index (κ3) is 3.78. The van der Waals surface area contributed by atoms with Gasteiger partial charge in [0.15, 0.2) is 0 Å². The monoisotopic (exact) mass is 310 g/mol. The van der Waals surface area contributed by atoms with Crippen LogP contribution in [0.25, 0.3) is 0 Å². The summed E-state index contributed by atoms with van der Waals surface area (Å²) in [5, 5.41) is 4.28. The fraction of sp³-hybridized carbons (Fsp3) is 0.786. The lowest BCUT2D eigenvalue weighted by atomic mass is 10.0. The molecule has 21 heavy (non-hydrogen) atoms. The highest BCUT2D eigenvalue weighted by molar-refractivity contribution is 7.80. The molecule has 2 N–H and O–H groups in total. The molecular weight excluding hydrogens is 284 g/mol. The number of hydrogen-bond acceptors (Lipinski definition) is 5. The Hall–Kier alpha value is -1.05. The third-order valence-electron chi connectivity index (χ3n) is 4.26. The molecule has 0 spiro atoms. The van der Waals surface area contributed by atoms with Gasteiger partial charge in [-0.25, -0.2) is 9.67 Å². The molecule has 0 aliphatic carbocycles. The van der Waals surface area contributed by atoms with E-state index in [2.05, 4.69) is 40.7 Å². The van der Waals surface area contributed by atoms with Crippen LogP contribution in [0.2, 0.25) is 0 Å². The molecule has 1 aliphatic heterocycles. The van der Waals surface area contributed by atoms with Gasteiger partial charge in [-0.05, 0) is 20.3 Å². The van der Waals surface area contributed by atoms with Gasteiger partial charge in [0.05, 0.1) is 17.1 Å². The molecular formula is C14H26N6S. The van der Waals surface area contributed by atoms with Crippen molar-refractivity contribution in [1.82, 2.24) is 24.6 Å². The number of piperazine rings is 1. The maximum absolute atomic E-state index is 5.85. The van der Waals surface area contributed by atoms with Gasteiger partial charge in [-0.15, -0.1) is 0 Å². The van der Waals surface area contributed by atoms with Crippen molar-refractivity contribution >= 4 is 17.2 Å². The van der Waals surface area contributed by atoms with Gasteiger partial charge in [-0.1, -0.05) is 19.1 Å². The minimum Gasteiger partial charge on any atom is -0.392 e. The van der Waals surface area contributed by atoms with Crippen molar-refractivity contribution in [2.24, 2.45) is 5.73 Å². The lowest BCUT2D eigenvalue weighted by Gasteiger charge is -2.43. The van der Waals surface area contributed by atoms with Gasteiger partial charge in [0.2, 0.25) is 0 Å². The topological polar surface area (TPSA) is 63.2 Å². The van der Waals surface area contributed by atoms with Crippen molar-refractivity contribution in [3.8, 4) is 0 Å². The molecule has 2 heterocycles. The second kappa shape index (κ2) is 6.81. The lowest BCUT2D eigenvalue weighted by Crippen LogP contribution is -2.59. The zero-order valence-corrected chi connectivity index (χ0v) is 14.1. The van der Waals surface area contributed by atoms with Crippen LogP contribution in [0.1, 0.15) is 33.0 Å². The van der Waals surface area contributed by atoms with Crippen LogP contribution in [0, 0.1) is 0 Å². The average molecular weight is 310 g/mol. The van der Waals surface area contributed by atoms with E-state index in [4.69, 9.17) is 18.0 Å². The van der Waals surface area contributed by atoms with E-state index in [0.717, 1.165) is 51.5 Å². The second-order valence-corrected chi connectivity index (χ2v) is 6.53. The first-order valence-corrected chi connectivity index (χ1v) is 8.00. The summed E-state index contributed by atoms with van der Waals surface area (Å²) in [6, 6.07) is 0. The van der Waals surface area contributed by atoms with E-state index in [1.54, 1.807) is 6.33 Å². The Labute approximate surface area is 132 Å². The number of aromatic nitrogens is 3. The predicted octanol–water partition coefficient (Wildman–Crippen LogP) is 0.870. The van der Waals surface area contributed by atoms with Crippen LogP contribution in [0.5, 0.6) is 0 Å². The van der Waals surface area contributed by atoms with Crippen molar-refractivity contribution in [2.75, 3.05) is 26.2 Å². The predicted molar refractivity (Wildman–Crippen MR) is 88.0 cm³/mol. The Morgan fingerprint density at radius 1 is 1.33 bits per heavy atom. The maximum atomic E-state index is 5.85. The average Bonchev–Trinajstić information content (AvgIpc) is 2.87. The van der Waals surface area contributed by atoms with Crippen LogP contribution in [0.3, 0.4) is 0 Å². The summed E-state index contributed by atoms with van der Waals surface area (Å²) in [7, 11) is 0. The molecule has 118 valence electrons. The largest absolute Gasteiger partial charge is 0.392 e. The standard InChI is InChI=1S/C14H26N6S/c1-4-5-20-12(16-11-17-20)10-18-6-8-19(9-7-18)14(2,3)13(15)21/h11H,4-10H2,1-3H3,(H2,15,21). The Bertz CT molecular complexity index is 476. The molecule has 1 saturated heterocycles. The number of rotatable bonds is 6. The molecule has 7 heteroatoms. The molecule has 1 aliphatic rings. The van der Waals surface area contributed by atoms with Crippen LogP contribution < -0.4 is 5.73 Å².